The van der Waals surface area contributed by atoms with Gasteiger partial charge in [-0.15, -0.1) is 5.10 Å². The molecule has 2 rings (SSSR count). The lowest BCUT2D eigenvalue weighted by molar-refractivity contribution is -0.384. The lowest BCUT2D eigenvalue weighted by atomic mass is 9.92. The van der Waals surface area contributed by atoms with E-state index in [1.165, 1.54) is 10.9 Å². The van der Waals surface area contributed by atoms with Crippen molar-refractivity contribution < 1.29 is 4.92 Å². The third-order valence-corrected chi connectivity index (χ3v) is 3.51. The highest BCUT2D eigenvalue weighted by Crippen LogP contribution is 2.32. The van der Waals surface area contributed by atoms with Crippen LogP contribution in [0.1, 0.15) is 19.8 Å². The van der Waals surface area contributed by atoms with Crippen LogP contribution in [0, 0.1) is 16.0 Å². The van der Waals surface area contributed by atoms with Crippen LogP contribution in [0.15, 0.2) is 6.20 Å². The molecule has 0 aromatic carbocycles. The van der Waals surface area contributed by atoms with Gasteiger partial charge >= 0.3 is 5.69 Å². The molecule has 1 aromatic rings. The fourth-order valence-electron chi connectivity index (χ4n) is 2.55. The molecule has 2 atom stereocenters. The number of nitro groups is 1. The lowest BCUT2D eigenvalue weighted by Crippen LogP contribution is -2.46. The van der Waals surface area contributed by atoms with Gasteiger partial charge in [0.25, 0.3) is 0 Å². The average Bonchev–Trinajstić information content (AvgIpc) is 2.71. The highest BCUT2D eigenvalue weighted by atomic mass is 16.6. The van der Waals surface area contributed by atoms with Crippen LogP contribution in [0.2, 0.25) is 0 Å². The first-order valence-corrected chi connectivity index (χ1v) is 6.17. The second kappa shape index (κ2) is 4.93. The van der Waals surface area contributed by atoms with Crippen molar-refractivity contribution in [3.63, 3.8) is 0 Å². The summed E-state index contributed by atoms with van der Waals surface area (Å²) in [6.07, 6.45) is 3.43. The van der Waals surface area contributed by atoms with Crippen LogP contribution in [-0.2, 0) is 7.05 Å². The summed E-state index contributed by atoms with van der Waals surface area (Å²) in [5.41, 5.74) is 5.84. The van der Waals surface area contributed by atoms with Gasteiger partial charge in [-0.05, 0) is 18.8 Å². The molecule has 1 saturated heterocycles. The monoisotopic (exact) mass is 253 g/mol. The molecule has 0 amide bonds. The lowest BCUT2D eigenvalue weighted by Gasteiger charge is -2.37. The zero-order chi connectivity index (χ0) is 13.3. The second-order valence-electron chi connectivity index (χ2n) is 4.98. The van der Waals surface area contributed by atoms with Gasteiger partial charge in [0.15, 0.2) is 0 Å². The van der Waals surface area contributed by atoms with Crippen molar-refractivity contribution in [3.8, 4) is 0 Å². The number of nitrogens with zero attached hydrogens (tertiary/aromatic N) is 4. The van der Waals surface area contributed by atoms with Gasteiger partial charge in [0.2, 0.25) is 5.82 Å². The molecule has 0 saturated carbocycles. The SMILES string of the molecule is CC1CCN(c2nn(C)cc2[N+](=O)[O-])C(CN)C1. The Bertz CT molecular complexity index is 445. The molecule has 7 heteroatoms. The Morgan fingerprint density at radius 1 is 1.67 bits per heavy atom. The Labute approximate surface area is 106 Å². The van der Waals surface area contributed by atoms with E-state index in [-0.39, 0.29) is 16.7 Å². The Kier molecular flexibility index (Phi) is 3.51. The van der Waals surface area contributed by atoms with Crippen LogP contribution in [-0.4, -0.2) is 33.8 Å². The van der Waals surface area contributed by atoms with Crippen LogP contribution in [0.3, 0.4) is 0 Å². The van der Waals surface area contributed by atoms with E-state index in [1.54, 1.807) is 7.05 Å². The second-order valence-corrected chi connectivity index (χ2v) is 4.98. The molecule has 18 heavy (non-hydrogen) atoms. The van der Waals surface area contributed by atoms with Crippen LogP contribution in [0.25, 0.3) is 0 Å². The standard InChI is InChI=1S/C11H19N5O2/c1-8-3-4-15(9(5-8)6-12)11-10(16(17)18)7-14(2)13-11/h7-9H,3-6,12H2,1-2H3. The molecule has 7 nitrogen and oxygen atoms in total. The third kappa shape index (κ3) is 2.31. The fourth-order valence-corrected chi connectivity index (χ4v) is 2.55. The van der Waals surface area contributed by atoms with Crippen molar-refractivity contribution in [3.05, 3.63) is 16.3 Å². The molecule has 0 bridgehead atoms. The third-order valence-electron chi connectivity index (χ3n) is 3.51. The van der Waals surface area contributed by atoms with Gasteiger partial charge in [-0.2, -0.15) is 0 Å². The molecule has 2 N–H and O–H groups in total. The topological polar surface area (TPSA) is 90.2 Å². The molecule has 100 valence electrons. The summed E-state index contributed by atoms with van der Waals surface area (Å²) in [6.45, 7) is 3.46. The van der Waals surface area contributed by atoms with E-state index < -0.39 is 0 Å². The summed E-state index contributed by atoms with van der Waals surface area (Å²) in [4.78, 5) is 12.6. The first-order chi connectivity index (χ1) is 8.52. The minimum Gasteiger partial charge on any atom is -0.345 e. The maximum Gasteiger partial charge on any atom is 0.330 e. The van der Waals surface area contributed by atoms with Gasteiger partial charge in [0.05, 0.1) is 4.92 Å². The number of hydrogen-bond acceptors (Lipinski definition) is 5. The van der Waals surface area contributed by atoms with Gasteiger partial charge in [0, 0.05) is 26.2 Å². The minimum absolute atomic E-state index is 0.0607. The van der Waals surface area contributed by atoms with E-state index in [1.807, 2.05) is 4.90 Å². The highest BCUT2D eigenvalue weighted by molar-refractivity contribution is 5.57. The van der Waals surface area contributed by atoms with Crippen LogP contribution < -0.4 is 10.6 Å². The molecule has 1 aromatic heterocycles. The number of aromatic nitrogens is 2. The van der Waals surface area contributed by atoms with Crippen molar-refractivity contribution >= 4 is 11.5 Å². The smallest absolute Gasteiger partial charge is 0.330 e. The zero-order valence-corrected chi connectivity index (χ0v) is 10.7. The predicted molar refractivity (Wildman–Crippen MR) is 68.4 cm³/mol. The minimum atomic E-state index is -0.381. The Morgan fingerprint density at radius 3 is 3.00 bits per heavy atom. The van der Waals surface area contributed by atoms with Gasteiger partial charge < -0.3 is 10.6 Å². The van der Waals surface area contributed by atoms with E-state index in [4.69, 9.17) is 5.73 Å². The molecular weight excluding hydrogens is 234 g/mol. The van der Waals surface area contributed by atoms with Gasteiger partial charge in [-0.1, -0.05) is 6.92 Å². The number of nitrogens with two attached hydrogens (primary N) is 1. The number of aryl methyl sites for hydroxylation is 1. The summed E-state index contributed by atoms with van der Waals surface area (Å²) < 4.78 is 1.49. The molecule has 1 aliphatic rings. The molecule has 0 aliphatic carbocycles. The van der Waals surface area contributed by atoms with Crippen molar-refractivity contribution in [2.45, 2.75) is 25.8 Å². The molecule has 2 heterocycles. The van der Waals surface area contributed by atoms with Crippen molar-refractivity contribution in [2.75, 3.05) is 18.0 Å². The molecule has 0 radical (unpaired) electrons. The van der Waals surface area contributed by atoms with Crippen molar-refractivity contribution in [2.24, 2.45) is 18.7 Å². The fraction of sp³-hybridized carbons (Fsp3) is 0.727. The zero-order valence-electron chi connectivity index (χ0n) is 10.7. The van der Waals surface area contributed by atoms with Crippen LogP contribution in [0.5, 0.6) is 0 Å². The van der Waals surface area contributed by atoms with E-state index in [9.17, 15) is 10.1 Å². The Balaban J connectivity index is 2.32. The molecule has 1 aliphatic heterocycles. The van der Waals surface area contributed by atoms with Crippen molar-refractivity contribution in [1.82, 2.24) is 9.78 Å². The van der Waals surface area contributed by atoms with Crippen LogP contribution in [0.4, 0.5) is 11.5 Å². The molecule has 1 fully saturated rings. The van der Waals surface area contributed by atoms with E-state index in [0.717, 1.165) is 19.4 Å². The molecule has 2 unspecified atom stereocenters. The number of anilines is 1. The number of piperidine rings is 1. The van der Waals surface area contributed by atoms with E-state index in [2.05, 4.69) is 12.0 Å². The average molecular weight is 253 g/mol. The first-order valence-electron chi connectivity index (χ1n) is 6.17. The largest absolute Gasteiger partial charge is 0.345 e. The summed E-state index contributed by atoms with van der Waals surface area (Å²) in [7, 11) is 1.69. The predicted octanol–water partition coefficient (Wildman–Crippen LogP) is 0.892. The summed E-state index contributed by atoms with van der Waals surface area (Å²) >= 11 is 0. The van der Waals surface area contributed by atoms with E-state index in [0.29, 0.717) is 18.3 Å². The van der Waals surface area contributed by atoms with Crippen molar-refractivity contribution in [1.29, 1.82) is 0 Å². The highest BCUT2D eigenvalue weighted by Gasteiger charge is 2.32. The summed E-state index contributed by atoms with van der Waals surface area (Å²) in [5, 5.41) is 15.3. The first kappa shape index (κ1) is 12.8. The Morgan fingerprint density at radius 2 is 2.39 bits per heavy atom. The maximum atomic E-state index is 11.0. The quantitative estimate of drug-likeness (QED) is 0.638. The Hall–Kier alpha value is -1.63. The molecule has 0 spiro atoms. The normalized spacial score (nSPS) is 24.3. The number of rotatable bonds is 3. The summed E-state index contributed by atoms with van der Waals surface area (Å²) in [6, 6.07) is 0.141. The molecular formula is C11H19N5O2. The maximum absolute atomic E-state index is 11.0. The van der Waals surface area contributed by atoms with E-state index >= 15 is 0 Å². The summed E-state index contributed by atoms with van der Waals surface area (Å²) in [5.74, 6) is 1.06. The van der Waals surface area contributed by atoms with Crippen LogP contribution >= 0.6 is 0 Å². The number of hydrogen-bond donors (Lipinski definition) is 1. The van der Waals surface area contributed by atoms with Gasteiger partial charge in [-0.25, -0.2) is 0 Å². The van der Waals surface area contributed by atoms with Gasteiger partial charge in [0.1, 0.15) is 6.20 Å². The van der Waals surface area contributed by atoms with Gasteiger partial charge in [-0.3, -0.25) is 14.8 Å².